The van der Waals surface area contributed by atoms with E-state index in [-0.39, 0.29) is 6.61 Å². The fraction of sp³-hybridized carbons (Fsp3) is 0.462. The van der Waals surface area contributed by atoms with Crippen LogP contribution in [0.15, 0.2) is 22.6 Å². The van der Waals surface area contributed by atoms with Crippen LogP contribution < -0.4 is 11.1 Å². The maximum absolute atomic E-state index is 8.91. The van der Waals surface area contributed by atoms with E-state index in [0.717, 1.165) is 30.5 Å². The van der Waals surface area contributed by atoms with Crippen molar-refractivity contribution in [1.82, 2.24) is 4.98 Å². The third-order valence-electron chi connectivity index (χ3n) is 2.87. The molecule has 0 aliphatic heterocycles. The predicted molar refractivity (Wildman–Crippen MR) is 72.4 cm³/mol. The van der Waals surface area contributed by atoms with E-state index < -0.39 is 0 Å². The van der Waals surface area contributed by atoms with Gasteiger partial charge in [0, 0.05) is 18.8 Å². The molecule has 2 rings (SSSR count). The molecule has 0 aliphatic rings. The number of aliphatic hydroxyl groups excluding tert-OH is 1. The van der Waals surface area contributed by atoms with Gasteiger partial charge in [-0.15, -0.1) is 0 Å². The molecule has 5 heteroatoms. The van der Waals surface area contributed by atoms with Crippen LogP contribution in [0.5, 0.6) is 0 Å². The monoisotopic (exact) mass is 249 g/mol. The van der Waals surface area contributed by atoms with Gasteiger partial charge in [0.15, 0.2) is 5.58 Å². The largest absolute Gasteiger partial charge is 0.424 e. The van der Waals surface area contributed by atoms with E-state index in [2.05, 4.69) is 10.3 Å². The number of nitrogens with one attached hydrogen (secondary N) is 1. The molecule has 0 radical (unpaired) electrons. The Kier molecular flexibility index (Phi) is 4.04. The molecule has 0 bridgehead atoms. The number of nitrogen functional groups attached to an aromatic ring is 1. The standard InChI is InChI=1S/C13H19N3O2/c1-9(8-17)3-2-6-15-13-16-11-7-10(14)4-5-12(11)18-13/h4-5,7,9,17H,2-3,6,8,14H2,1H3,(H,15,16). The molecule has 0 fully saturated rings. The lowest BCUT2D eigenvalue weighted by atomic mass is 10.1. The van der Waals surface area contributed by atoms with Crippen LogP contribution in [0.4, 0.5) is 11.7 Å². The van der Waals surface area contributed by atoms with Gasteiger partial charge < -0.3 is 20.6 Å². The number of nitrogens with zero attached hydrogens (tertiary/aromatic N) is 1. The van der Waals surface area contributed by atoms with E-state index in [1.807, 2.05) is 13.0 Å². The van der Waals surface area contributed by atoms with Crippen LogP contribution in [-0.4, -0.2) is 23.2 Å². The van der Waals surface area contributed by atoms with Crippen LogP contribution >= 0.6 is 0 Å². The van der Waals surface area contributed by atoms with Crippen molar-refractivity contribution < 1.29 is 9.52 Å². The smallest absolute Gasteiger partial charge is 0.295 e. The molecule has 1 heterocycles. The van der Waals surface area contributed by atoms with Crippen molar-refractivity contribution in [1.29, 1.82) is 0 Å². The maximum atomic E-state index is 8.91. The first kappa shape index (κ1) is 12.7. The highest BCUT2D eigenvalue weighted by Gasteiger charge is 2.05. The summed E-state index contributed by atoms with van der Waals surface area (Å²) in [5, 5.41) is 12.0. The van der Waals surface area contributed by atoms with Crippen molar-refractivity contribution in [3.63, 3.8) is 0 Å². The number of hydrogen-bond donors (Lipinski definition) is 3. The van der Waals surface area contributed by atoms with Gasteiger partial charge in [-0.05, 0) is 37.0 Å². The number of aromatic nitrogens is 1. The molecule has 0 saturated carbocycles. The quantitative estimate of drug-likeness (QED) is 0.540. The summed E-state index contributed by atoms with van der Waals surface area (Å²) in [6.45, 7) is 3.05. The lowest BCUT2D eigenvalue weighted by Gasteiger charge is -2.06. The summed E-state index contributed by atoms with van der Waals surface area (Å²) >= 11 is 0. The summed E-state index contributed by atoms with van der Waals surface area (Å²) < 4.78 is 5.53. The van der Waals surface area contributed by atoms with E-state index in [9.17, 15) is 0 Å². The molecule has 0 spiro atoms. The summed E-state index contributed by atoms with van der Waals surface area (Å²) in [6.07, 6.45) is 1.96. The average Bonchev–Trinajstić information content (AvgIpc) is 2.76. The van der Waals surface area contributed by atoms with Gasteiger partial charge in [0.2, 0.25) is 0 Å². The van der Waals surface area contributed by atoms with E-state index in [1.165, 1.54) is 0 Å². The first-order chi connectivity index (χ1) is 8.69. The molecular weight excluding hydrogens is 230 g/mol. The number of oxazole rings is 1. The van der Waals surface area contributed by atoms with Crippen LogP contribution in [-0.2, 0) is 0 Å². The zero-order chi connectivity index (χ0) is 13.0. The van der Waals surface area contributed by atoms with Gasteiger partial charge in [0.05, 0.1) is 0 Å². The maximum Gasteiger partial charge on any atom is 0.295 e. The molecule has 1 aromatic heterocycles. The normalized spacial score (nSPS) is 12.8. The summed E-state index contributed by atoms with van der Waals surface area (Å²) in [7, 11) is 0. The Balaban J connectivity index is 1.88. The average molecular weight is 249 g/mol. The Bertz CT molecular complexity index is 510. The van der Waals surface area contributed by atoms with Crippen molar-refractivity contribution in [2.24, 2.45) is 5.92 Å². The van der Waals surface area contributed by atoms with E-state index in [0.29, 0.717) is 17.6 Å². The van der Waals surface area contributed by atoms with Crippen LogP contribution in [0.2, 0.25) is 0 Å². The van der Waals surface area contributed by atoms with E-state index in [1.54, 1.807) is 12.1 Å². The van der Waals surface area contributed by atoms with Crippen molar-refractivity contribution in [2.45, 2.75) is 19.8 Å². The summed E-state index contributed by atoms with van der Waals surface area (Å²) in [5.74, 6) is 0.343. The number of hydrogen-bond acceptors (Lipinski definition) is 5. The second-order valence-electron chi connectivity index (χ2n) is 4.60. The van der Waals surface area contributed by atoms with Crippen LogP contribution in [0.25, 0.3) is 11.1 Å². The van der Waals surface area contributed by atoms with Crippen LogP contribution in [0.1, 0.15) is 19.8 Å². The second-order valence-corrected chi connectivity index (χ2v) is 4.60. The molecule has 0 aliphatic carbocycles. The number of rotatable bonds is 6. The molecule has 0 amide bonds. The van der Waals surface area contributed by atoms with Crippen LogP contribution in [0.3, 0.4) is 0 Å². The molecule has 5 nitrogen and oxygen atoms in total. The SMILES string of the molecule is CC(CO)CCCNc1nc2cc(N)ccc2o1. The number of nitrogens with two attached hydrogens (primary N) is 1. The van der Waals surface area contributed by atoms with E-state index >= 15 is 0 Å². The molecule has 1 aromatic carbocycles. The van der Waals surface area contributed by atoms with Crippen molar-refractivity contribution >= 4 is 22.8 Å². The first-order valence-electron chi connectivity index (χ1n) is 6.20. The third-order valence-corrected chi connectivity index (χ3v) is 2.87. The zero-order valence-electron chi connectivity index (χ0n) is 10.5. The molecule has 1 atom stereocenters. The van der Waals surface area contributed by atoms with Gasteiger partial charge in [-0.2, -0.15) is 4.98 Å². The minimum Gasteiger partial charge on any atom is -0.424 e. The van der Waals surface area contributed by atoms with Gasteiger partial charge in [-0.1, -0.05) is 6.92 Å². The Morgan fingerprint density at radius 2 is 2.33 bits per heavy atom. The zero-order valence-corrected chi connectivity index (χ0v) is 10.5. The van der Waals surface area contributed by atoms with E-state index in [4.69, 9.17) is 15.3 Å². The van der Waals surface area contributed by atoms with Gasteiger partial charge >= 0.3 is 0 Å². The lowest BCUT2D eigenvalue weighted by Crippen LogP contribution is -2.06. The molecule has 1 unspecified atom stereocenters. The van der Waals surface area contributed by atoms with Gasteiger partial charge in [-0.3, -0.25) is 0 Å². The van der Waals surface area contributed by atoms with Gasteiger partial charge in [-0.25, -0.2) is 0 Å². The Hall–Kier alpha value is -1.75. The molecule has 0 saturated heterocycles. The first-order valence-corrected chi connectivity index (χ1v) is 6.20. The van der Waals surface area contributed by atoms with Gasteiger partial charge in [0.1, 0.15) is 5.52 Å². The Morgan fingerprint density at radius 3 is 3.11 bits per heavy atom. The highest BCUT2D eigenvalue weighted by Crippen LogP contribution is 2.20. The molecule has 18 heavy (non-hydrogen) atoms. The minimum absolute atomic E-state index is 0.238. The molecule has 98 valence electrons. The fourth-order valence-corrected chi connectivity index (χ4v) is 1.76. The van der Waals surface area contributed by atoms with Crippen molar-refractivity contribution in [2.75, 3.05) is 24.2 Å². The molecule has 4 N–H and O–H groups in total. The van der Waals surface area contributed by atoms with Crippen LogP contribution in [0, 0.1) is 5.92 Å². The highest BCUT2D eigenvalue weighted by molar-refractivity contribution is 5.78. The van der Waals surface area contributed by atoms with Gasteiger partial charge in [0.25, 0.3) is 6.01 Å². The second kappa shape index (κ2) is 5.73. The van der Waals surface area contributed by atoms with Crippen molar-refractivity contribution in [3.05, 3.63) is 18.2 Å². The number of benzene rings is 1. The Morgan fingerprint density at radius 1 is 1.50 bits per heavy atom. The summed E-state index contributed by atoms with van der Waals surface area (Å²) in [4.78, 5) is 4.30. The third kappa shape index (κ3) is 3.13. The Labute approximate surface area is 106 Å². The minimum atomic E-state index is 0.238. The number of aliphatic hydroxyl groups is 1. The number of fused-ring (bicyclic) bond motifs is 1. The molecule has 2 aromatic rings. The highest BCUT2D eigenvalue weighted by atomic mass is 16.4. The summed E-state index contributed by atoms with van der Waals surface area (Å²) in [5.41, 5.74) is 7.85. The summed E-state index contributed by atoms with van der Waals surface area (Å²) in [6, 6.07) is 5.92. The number of anilines is 2. The topological polar surface area (TPSA) is 84.3 Å². The fourth-order valence-electron chi connectivity index (χ4n) is 1.76. The molecular formula is C13H19N3O2. The predicted octanol–water partition coefficient (Wildman–Crippen LogP) is 2.23. The lowest BCUT2D eigenvalue weighted by molar-refractivity contribution is 0.229. The van der Waals surface area contributed by atoms with Crippen molar-refractivity contribution in [3.8, 4) is 0 Å².